The number of hydrogen-bond acceptors (Lipinski definition) is 5. The fourth-order valence-corrected chi connectivity index (χ4v) is 4.54. The van der Waals surface area contributed by atoms with Gasteiger partial charge in [0.25, 0.3) is 0 Å². The van der Waals surface area contributed by atoms with Crippen molar-refractivity contribution in [2.75, 3.05) is 18.1 Å². The maximum absolute atomic E-state index is 11.7. The molecule has 2 N–H and O–H groups in total. The van der Waals surface area contributed by atoms with Gasteiger partial charge >= 0.3 is 5.97 Å². The van der Waals surface area contributed by atoms with Gasteiger partial charge in [-0.25, -0.2) is 18.1 Å². The maximum atomic E-state index is 11.7. The molecule has 1 aromatic carbocycles. The lowest BCUT2D eigenvalue weighted by Gasteiger charge is -2.07. The minimum Gasteiger partial charge on any atom is -0.480 e. The summed E-state index contributed by atoms with van der Waals surface area (Å²) in [6.45, 7) is 2.18. The predicted octanol–water partition coefficient (Wildman–Crippen LogP) is 2.32. The summed E-state index contributed by atoms with van der Waals surface area (Å²) in [6, 6.07) is 7.40. The topological polar surface area (TPSA) is 101 Å². The molecule has 0 aliphatic carbocycles. The van der Waals surface area contributed by atoms with Crippen LogP contribution in [0.1, 0.15) is 26.2 Å². The van der Waals surface area contributed by atoms with E-state index in [1.807, 2.05) is 31.2 Å². The van der Waals surface area contributed by atoms with E-state index in [4.69, 9.17) is 5.11 Å². The maximum Gasteiger partial charge on any atom is 0.323 e. The van der Waals surface area contributed by atoms with E-state index in [2.05, 4.69) is 9.71 Å². The zero-order chi connectivity index (χ0) is 18.3. The van der Waals surface area contributed by atoms with Crippen LogP contribution in [0, 0.1) is 0 Å². The van der Waals surface area contributed by atoms with Crippen molar-refractivity contribution in [2.45, 2.75) is 37.9 Å². The molecule has 0 spiro atoms. The van der Waals surface area contributed by atoms with Gasteiger partial charge < -0.3 is 9.67 Å². The molecular weight excluding hydrogens is 362 g/mol. The molecule has 25 heavy (non-hydrogen) atoms. The Morgan fingerprint density at radius 3 is 2.80 bits per heavy atom. The second kappa shape index (κ2) is 9.21. The number of aliphatic carboxylic acids is 1. The van der Waals surface area contributed by atoms with Gasteiger partial charge in [-0.2, -0.15) is 0 Å². The number of thioether (sulfide) groups is 1. The molecule has 2 rings (SSSR count). The number of benzene rings is 1. The van der Waals surface area contributed by atoms with E-state index >= 15 is 0 Å². The molecule has 0 unspecified atom stereocenters. The Labute approximate surface area is 151 Å². The summed E-state index contributed by atoms with van der Waals surface area (Å²) in [5.41, 5.74) is 1.54. The first kappa shape index (κ1) is 19.7. The van der Waals surface area contributed by atoms with Crippen molar-refractivity contribution in [2.24, 2.45) is 0 Å². The Balaban J connectivity index is 1.91. The second-order valence-electron chi connectivity index (χ2n) is 5.63. The molecule has 0 amide bonds. The number of hydrogen-bond donors (Lipinski definition) is 2. The predicted molar refractivity (Wildman–Crippen MR) is 99.4 cm³/mol. The van der Waals surface area contributed by atoms with Gasteiger partial charge in [0.2, 0.25) is 10.0 Å². The van der Waals surface area contributed by atoms with Crippen LogP contribution in [0.25, 0.3) is 11.0 Å². The minimum atomic E-state index is -3.19. The summed E-state index contributed by atoms with van der Waals surface area (Å²) in [7, 11) is -3.19. The Morgan fingerprint density at radius 2 is 2.08 bits per heavy atom. The van der Waals surface area contributed by atoms with Gasteiger partial charge in [-0.05, 0) is 25.0 Å². The molecular formula is C16H23N3O4S2. The highest BCUT2D eigenvalue weighted by atomic mass is 32.2. The lowest BCUT2D eigenvalue weighted by atomic mass is 10.3. The zero-order valence-electron chi connectivity index (χ0n) is 14.1. The van der Waals surface area contributed by atoms with Crippen molar-refractivity contribution in [3.05, 3.63) is 24.3 Å². The summed E-state index contributed by atoms with van der Waals surface area (Å²) in [5, 5.41) is 9.74. The summed E-state index contributed by atoms with van der Waals surface area (Å²) >= 11 is 1.44. The highest BCUT2D eigenvalue weighted by Crippen LogP contribution is 2.24. The van der Waals surface area contributed by atoms with Crippen molar-refractivity contribution in [1.82, 2.24) is 14.3 Å². The van der Waals surface area contributed by atoms with Gasteiger partial charge in [0.05, 0.1) is 16.8 Å². The van der Waals surface area contributed by atoms with Crippen LogP contribution in [0.15, 0.2) is 29.4 Å². The number of carbonyl (C=O) groups is 1. The normalized spacial score (nSPS) is 11.9. The van der Waals surface area contributed by atoms with Gasteiger partial charge in [0.1, 0.15) is 6.54 Å². The van der Waals surface area contributed by atoms with Gasteiger partial charge in [0.15, 0.2) is 5.16 Å². The standard InChI is InChI=1S/C16H23N3O4S2/c1-2-3-11-25(22,23)17-9-6-10-24-16-18-13-7-4-5-8-14(13)19(16)12-15(20)21/h4-5,7-8,17H,2-3,6,9-12H2,1H3,(H,20,21). The van der Waals surface area contributed by atoms with Crippen LogP contribution >= 0.6 is 11.8 Å². The van der Waals surface area contributed by atoms with Crippen LogP contribution in [0.4, 0.5) is 0 Å². The smallest absolute Gasteiger partial charge is 0.323 e. The SMILES string of the molecule is CCCCS(=O)(=O)NCCCSc1nc2ccccc2n1CC(=O)O. The van der Waals surface area contributed by atoms with Crippen molar-refractivity contribution in [3.8, 4) is 0 Å². The van der Waals surface area contributed by atoms with Crippen molar-refractivity contribution in [1.29, 1.82) is 0 Å². The molecule has 0 atom stereocenters. The van der Waals surface area contributed by atoms with Crippen LogP contribution in [0.5, 0.6) is 0 Å². The average molecular weight is 386 g/mol. The number of unbranched alkanes of at least 4 members (excludes halogenated alkanes) is 1. The van der Waals surface area contributed by atoms with Gasteiger partial charge in [0, 0.05) is 12.3 Å². The van der Waals surface area contributed by atoms with Gasteiger partial charge in [-0.3, -0.25) is 4.79 Å². The fourth-order valence-electron chi connectivity index (χ4n) is 2.32. The number of rotatable bonds is 11. The lowest BCUT2D eigenvalue weighted by Crippen LogP contribution is -2.27. The molecule has 0 saturated carbocycles. The number of carboxylic acid groups (broad SMARTS) is 1. The number of sulfonamides is 1. The fraction of sp³-hybridized carbons (Fsp3) is 0.500. The van der Waals surface area contributed by atoms with Crippen molar-refractivity contribution < 1.29 is 18.3 Å². The molecule has 1 heterocycles. The van der Waals surface area contributed by atoms with E-state index in [-0.39, 0.29) is 12.3 Å². The molecule has 1 aromatic heterocycles. The first-order chi connectivity index (χ1) is 11.9. The highest BCUT2D eigenvalue weighted by molar-refractivity contribution is 7.99. The van der Waals surface area contributed by atoms with E-state index in [1.54, 1.807) is 4.57 Å². The average Bonchev–Trinajstić information content (AvgIpc) is 2.90. The molecule has 9 heteroatoms. The van der Waals surface area contributed by atoms with Crippen molar-refractivity contribution in [3.63, 3.8) is 0 Å². The van der Waals surface area contributed by atoms with Crippen LogP contribution in [0.3, 0.4) is 0 Å². The molecule has 0 fully saturated rings. The van der Waals surface area contributed by atoms with Gasteiger partial charge in [-0.1, -0.05) is 37.2 Å². The van der Waals surface area contributed by atoms with Gasteiger partial charge in [-0.15, -0.1) is 0 Å². The molecule has 138 valence electrons. The first-order valence-electron chi connectivity index (χ1n) is 8.20. The number of imidazole rings is 1. The van der Waals surface area contributed by atoms with Crippen LogP contribution in [-0.4, -0.2) is 47.1 Å². The van der Waals surface area contributed by atoms with Crippen LogP contribution < -0.4 is 4.72 Å². The summed E-state index contributed by atoms with van der Waals surface area (Å²) in [4.78, 5) is 15.6. The Kier molecular flexibility index (Phi) is 7.27. The number of nitrogens with one attached hydrogen (secondary N) is 1. The third kappa shape index (κ3) is 6.02. The summed E-state index contributed by atoms with van der Waals surface area (Å²) in [5.74, 6) is -0.113. The van der Waals surface area contributed by atoms with E-state index in [1.165, 1.54) is 11.8 Å². The quantitative estimate of drug-likeness (QED) is 0.455. The number of nitrogens with zero attached hydrogens (tertiary/aromatic N) is 2. The Bertz CT molecular complexity index is 818. The molecule has 0 bridgehead atoms. The number of para-hydroxylation sites is 2. The van der Waals surface area contributed by atoms with E-state index in [0.717, 1.165) is 17.5 Å². The summed E-state index contributed by atoms with van der Waals surface area (Å²) in [6.07, 6.45) is 2.14. The molecule has 0 saturated heterocycles. The van der Waals surface area contributed by atoms with Crippen molar-refractivity contribution >= 4 is 38.8 Å². The molecule has 7 nitrogen and oxygen atoms in total. The number of aromatic nitrogens is 2. The lowest BCUT2D eigenvalue weighted by molar-refractivity contribution is -0.137. The van der Waals surface area contributed by atoms with E-state index in [0.29, 0.717) is 30.3 Å². The Morgan fingerprint density at radius 1 is 1.32 bits per heavy atom. The highest BCUT2D eigenvalue weighted by Gasteiger charge is 2.13. The molecule has 0 aliphatic rings. The van der Waals surface area contributed by atoms with Crippen LogP contribution in [-0.2, 0) is 21.4 Å². The Hall–Kier alpha value is -1.58. The molecule has 0 aliphatic heterocycles. The summed E-state index contributed by atoms with van der Waals surface area (Å²) < 4.78 is 27.7. The van der Waals surface area contributed by atoms with Crippen LogP contribution in [0.2, 0.25) is 0 Å². The largest absolute Gasteiger partial charge is 0.480 e. The number of fused-ring (bicyclic) bond motifs is 1. The third-order valence-corrected chi connectivity index (χ3v) is 6.09. The second-order valence-corrected chi connectivity index (χ2v) is 8.62. The monoisotopic (exact) mass is 385 g/mol. The molecule has 0 radical (unpaired) electrons. The van der Waals surface area contributed by atoms with E-state index < -0.39 is 16.0 Å². The van der Waals surface area contributed by atoms with E-state index in [9.17, 15) is 13.2 Å². The minimum absolute atomic E-state index is 0.146. The zero-order valence-corrected chi connectivity index (χ0v) is 15.8. The molecule has 2 aromatic rings. The first-order valence-corrected chi connectivity index (χ1v) is 10.8. The third-order valence-electron chi connectivity index (χ3n) is 3.55. The number of carboxylic acids is 1.